The molecule has 2 amide bonds. The lowest BCUT2D eigenvalue weighted by Crippen LogP contribution is -2.54. The minimum Gasteiger partial charge on any atom is -0.489 e. The van der Waals surface area contributed by atoms with Crippen molar-refractivity contribution < 1.29 is 23.1 Å². The van der Waals surface area contributed by atoms with Crippen LogP contribution in [0.5, 0.6) is 5.75 Å². The molecular weight excluding hydrogens is 418 g/mol. The molecule has 1 atom stereocenters. The van der Waals surface area contributed by atoms with Gasteiger partial charge in [0, 0.05) is 30.9 Å². The molecule has 164 valence electrons. The monoisotopic (exact) mass is 438 g/mol. The lowest BCUT2D eigenvalue weighted by atomic mass is 10.0. The Balaban J connectivity index is 1.40. The predicted octanol–water partition coefficient (Wildman–Crippen LogP) is 2.63. The molecule has 0 bridgehead atoms. The van der Waals surface area contributed by atoms with E-state index >= 15 is 0 Å². The largest absolute Gasteiger partial charge is 0.489 e. The minimum absolute atomic E-state index is 0.0302. The quantitative estimate of drug-likeness (QED) is 0.631. The molecule has 0 fully saturated rings. The van der Waals surface area contributed by atoms with Crippen LogP contribution >= 0.6 is 0 Å². The summed E-state index contributed by atoms with van der Waals surface area (Å²) in [5.41, 5.74) is 1.39. The second kappa shape index (κ2) is 7.74. The average Bonchev–Trinajstić information content (AvgIpc) is 3.16. The summed E-state index contributed by atoms with van der Waals surface area (Å²) in [6.07, 6.45) is 2.10. The van der Waals surface area contributed by atoms with Gasteiger partial charge in [0.2, 0.25) is 0 Å². The molecule has 2 aliphatic rings. The number of hydrogen-bond acceptors (Lipinski definition) is 4. The number of ether oxygens (including phenoxy) is 1. The summed E-state index contributed by atoms with van der Waals surface area (Å²) < 4.78 is 35.2. The second-order valence-electron chi connectivity index (χ2n) is 7.84. The Hall–Kier alpha value is -3.75. The number of hydrogen-bond donors (Lipinski definition) is 0. The Morgan fingerprint density at radius 2 is 1.84 bits per heavy atom. The van der Waals surface area contributed by atoms with Crippen LogP contribution in [0.3, 0.4) is 0 Å². The van der Waals surface area contributed by atoms with Gasteiger partial charge in [0.1, 0.15) is 30.0 Å². The van der Waals surface area contributed by atoms with E-state index in [9.17, 15) is 18.4 Å². The van der Waals surface area contributed by atoms with E-state index in [0.717, 1.165) is 0 Å². The van der Waals surface area contributed by atoms with Crippen molar-refractivity contribution in [1.82, 2.24) is 14.7 Å². The van der Waals surface area contributed by atoms with Gasteiger partial charge >= 0.3 is 0 Å². The summed E-state index contributed by atoms with van der Waals surface area (Å²) in [6.45, 7) is 0.209. The smallest absolute Gasteiger partial charge is 0.275 e. The molecule has 32 heavy (non-hydrogen) atoms. The molecular formula is C23H20F2N4O3. The molecule has 0 aliphatic carbocycles. The van der Waals surface area contributed by atoms with E-state index in [4.69, 9.17) is 4.74 Å². The van der Waals surface area contributed by atoms with Crippen molar-refractivity contribution in [3.63, 3.8) is 0 Å². The second-order valence-corrected chi connectivity index (χ2v) is 7.84. The first-order valence-electron chi connectivity index (χ1n) is 10.2. The normalized spacial score (nSPS) is 18.2. The van der Waals surface area contributed by atoms with Crippen LogP contribution in [0.25, 0.3) is 0 Å². The average molecular weight is 438 g/mol. The number of likely N-dealkylation sites (N-methyl/N-ethyl adjacent to an activating group) is 1. The van der Waals surface area contributed by atoms with Crippen LogP contribution in [0.15, 0.2) is 48.7 Å². The molecule has 0 unspecified atom stereocenters. The maximum absolute atomic E-state index is 14.0. The molecule has 5 rings (SSSR count). The third-order valence-electron chi connectivity index (χ3n) is 5.92. The molecule has 1 aromatic heterocycles. The molecule has 2 aliphatic heterocycles. The summed E-state index contributed by atoms with van der Waals surface area (Å²) in [5.74, 6) is -1.42. The molecule has 0 N–H and O–H groups in total. The fraction of sp³-hybridized carbons (Fsp3) is 0.261. The van der Waals surface area contributed by atoms with Gasteiger partial charge in [-0.25, -0.2) is 8.78 Å². The van der Waals surface area contributed by atoms with E-state index in [1.165, 1.54) is 32.7 Å². The maximum Gasteiger partial charge on any atom is 0.275 e. The van der Waals surface area contributed by atoms with E-state index in [2.05, 4.69) is 5.10 Å². The number of carbonyl (C=O) groups excluding carboxylic acids is 2. The first-order valence-corrected chi connectivity index (χ1v) is 10.2. The first kappa shape index (κ1) is 20.2. The zero-order valence-electron chi connectivity index (χ0n) is 17.3. The number of aromatic nitrogens is 2. The van der Waals surface area contributed by atoms with Gasteiger partial charge in [-0.2, -0.15) is 5.10 Å². The SMILES string of the molecule is CN1C(=O)[C@@H](N2CCc3cn(Cc4c(F)cccc4F)nc3C2=O)COc2ccccc21. The van der Waals surface area contributed by atoms with E-state index in [0.29, 0.717) is 30.0 Å². The summed E-state index contributed by atoms with van der Waals surface area (Å²) in [5, 5.41) is 4.29. The predicted molar refractivity (Wildman–Crippen MR) is 112 cm³/mol. The molecule has 3 heterocycles. The van der Waals surface area contributed by atoms with E-state index < -0.39 is 23.6 Å². The number of amides is 2. The van der Waals surface area contributed by atoms with Crippen molar-refractivity contribution in [1.29, 1.82) is 0 Å². The van der Waals surface area contributed by atoms with Gasteiger partial charge in [0.05, 0.1) is 12.2 Å². The van der Waals surface area contributed by atoms with Crippen molar-refractivity contribution in [3.8, 4) is 5.75 Å². The Labute approximate surface area is 182 Å². The molecule has 0 spiro atoms. The van der Waals surface area contributed by atoms with Crippen LogP contribution in [0, 0.1) is 11.6 Å². The van der Waals surface area contributed by atoms with Gasteiger partial charge in [-0.1, -0.05) is 18.2 Å². The Kier molecular flexibility index (Phi) is 4.88. The summed E-state index contributed by atoms with van der Waals surface area (Å²) in [6, 6.07) is 10.1. The summed E-state index contributed by atoms with van der Waals surface area (Å²) in [4.78, 5) is 29.3. The van der Waals surface area contributed by atoms with Crippen LogP contribution in [-0.4, -0.2) is 52.7 Å². The van der Waals surface area contributed by atoms with Gasteiger partial charge in [-0.3, -0.25) is 14.3 Å². The number of para-hydroxylation sites is 2. The Bertz CT molecular complexity index is 1210. The molecule has 0 saturated carbocycles. The highest BCUT2D eigenvalue weighted by Gasteiger charge is 2.39. The maximum atomic E-state index is 14.0. The number of carbonyl (C=O) groups is 2. The summed E-state index contributed by atoms with van der Waals surface area (Å²) in [7, 11) is 1.65. The highest BCUT2D eigenvalue weighted by molar-refractivity contribution is 6.03. The van der Waals surface area contributed by atoms with Gasteiger partial charge in [0.25, 0.3) is 11.8 Å². The van der Waals surface area contributed by atoms with Crippen molar-refractivity contribution in [2.75, 3.05) is 25.1 Å². The Morgan fingerprint density at radius 3 is 2.62 bits per heavy atom. The van der Waals surface area contributed by atoms with Gasteiger partial charge in [0.15, 0.2) is 5.69 Å². The van der Waals surface area contributed by atoms with Crippen LogP contribution in [0.1, 0.15) is 21.6 Å². The van der Waals surface area contributed by atoms with E-state index in [1.54, 1.807) is 25.4 Å². The molecule has 0 radical (unpaired) electrons. The first-order chi connectivity index (χ1) is 15.4. The zero-order valence-corrected chi connectivity index (χ0v) is 17.3. The fourth-order valence-corrected chi connectivity index (χ4v) is 4.19. The van der Waals surface area contributed by atoms with Crippen LogP contribution < -0.4 is 9.64 Å². The van der Waals surface area contributed by atoms with Crippen molar-refractivity contribution >= 4 is 17.5 Å². The van der Waals surface area contributed by atoms with Crippen molar-refractivity contribution in [2.24, 2.45) is 0 Å². The lowest BCUT2D eigenvalue weighted by molar-refractivity contribution is -0.123. The van der Waals surface area contributed by atoms with E-state index in [-0.39, 0.29) is 30.3 Å². The van der Waals surface area contributed by atoms with Crippen LogP contribution in [0.2, 0.25) is 0 Å². The molecule has 0 saturated heterocycles. The topological polar surface area (TPSA) is 67.7 Å². The highest BCUT2D eigenvalue weighted by Crippen LogP contribution is 2.32. The number of rotatable bonds is 3. The van der Waals surface area contributed by atoms with Crippen LogP contribution in [0.4, 0.5) is 14.5 Å². The molecule has 9 heteroatoms. The van der Waals surface area contributed by atoms with Crippen molar-refractivity contribution in [2.45, 2.75) is 19.0 Å². The van der Waals surface area contributed by atoms with E-state index in [1.807, 2.05) is 12.1 Å². The lowest BCUT2D eigenvalue weighted by Gasteiger charge is -2.33. The molecule has 7 nitrogen and oxygen atoms in total. The minimum atomic E-state index is -0.804. The summed E-state index contributed by atoms with van der Waals surface area (Å²) >= 11 is 0. The zero-order chi connectivity index (χ0) is 22.4. The Morgan fingerprint density at radius 1 is 1.09 bits per heavy atom. The third kappa shape index (κ3) is 3.30. The third-order valence-corrected chi connectivity index (χ3v) is 5.92. The number of nitrogens with zero attached hydrogens (tertiary/aromatic N) is 4. The fourth-order valence-electron chi connectivity index (χ4n) is 4.19. The number of halogens is 2. The van der Waals surface area contributed by atoms with Crippen molar-refractivity contribution in [3.05, 3.63) is 77.1 Å². The van der Waals surface area contributed by atoms with Gasteiger partial charge < -0.3 is 14.5 Å². The van der Waals surface area contributed by atoms with Crippen LogP contribution in [-0.2, 0) is 17.8 Å². The number of benzene rings is 2. The number of anilines is 1. The molecule has 2 aromatic carbocycles. The van der Waals surface area contributed by atoms with Gasteiger partial charge in [-0.05, 0) is 30.7 Å². The standard InChI is InChI=1S/C23H20F2N4O3/c1-27-18-7-2-3-8-20(18)32-13-19(22(27)30)29-10-9-14-11-28(26-21(14)23(29)31)12-15-16(24)5-4-6-17(15)25/h2-8,11,19H,9-10,12-13H2,1H3/t19-/m0/s1. The van der Waals surface area contributed by atoms with Gasteiger partial charge in [-0.15, -0.1) is 0 Å². The number of fused-ring (bicyclic) bond motifs is 2. The molecule has 3 aromatic rings. The highest BCUT2D eigenvalue weighted by atomic mass is 19.1.